The van der Waals surface area contributed by atoms with Gasteiger partial charge in [-0.2, -0.15) is 0 Å². The molecule has 5 rings (SSSR count). The zero-order valence-electron chi connectivity index (χ0n) is 20.4. The van der Waals surface area contributed by atoms with Crippen molar-refractivity contribution in [1.82, 2.24) is 5.32 Å². The van der Waals surface area contributed by atoms with Crippen LogP contribution < -0.4 is 5.32 Å². The molecule has 1 N–H and O–H groups in total. The monoisotopic (exact) mass is 465 g/mol. The summed E-state index contributed by atoms with van der Waals surface area (Å²) < 4.78 is 32.4. The molecule has 5 aliphatic rings. The highest BCUT2D eigenvalue weighted by atomic mass is 16.9. The quantitative estimate of drug-likeness (QED) is 0.524. The Hall–Kier alpha value is -0.730. The van der Waals surface area contributed by atoms with Crippen LogP contribution in [-0.4, -0.2) is 54.7 Å². The van der Waals surface area contributed by atoms with Crippen LogP contribution in [-0.2, 0) is 28.5 Å². The number of fused-ring (bicyclic) bond motifs is 3. The van der Waals surface area contributed by atoms with E-state index in [-0.39, 0.29) is 18.1 Å². The molecule has 0 aromatic carbocycles. The van der Waals surface area contributed by atoms with Crippen molar-refractivity contribution in [3.8, 4) is 0 Å². The molecule has 2 saturated carbocycles. The first kappa shape index (κ1) is 24.0. The van der Waals surface area contributed by atoms with Crippen LogP contribution in [0.4, 0.5) is 0 Å². The van der Waals surface area contributed by atoms with Crippen molar-refractivity contribution in [2.24, 2.45) is 0 Å². The summed E-state index contributed by atoms with van der Waals surface area (Å²) in [5.41, 5.74) is 0. The van der Waals surface area contributed by atoms with Gasteiger partial charge in [0.25, 0.3) is 5.91 Å². The Morgan fingerprint density at radius 2 is 1.30 bits per heavy atom. The molecule has 3 heterocycles. The van der Waals surface area contributed by atoms with Gasteiger partial charge in [0.05, 0.1) is 0 Å². The summed E-state index contributed by atoms with van der Waals surface area (Å²) in [5, 5.41) is 3.10. The zero-order chi connectivity index (χ0) is 22.7. The van der Waals surface area contributed by atoms with E-state index < -0.39 is 30.1 Å². The summed E-state index contributed by atoms with van der Waals surface area (Å²) in [6.45, 7) is 2.90. The number of hydrogen-bond acceptors (Lipinski definition) is 6. The number of rotatable bonds is 8. The highest BCUT2D eigenvalue weighted by Gasteiger charge is 2.65. The second kappa shape index (κ2) is 10.5. The van der Waals surface area contributed by atoms with E-state index in [4.69, 9.17) is 23.7 Å². The van der Waals surface area contributed by atoms with E-state index in [0.717, 1.165) is 64.2 Å². The van der Waals surface area contributed by atoms with Crippen LogP contribution in [0.15, 0.2) is 0 Å². The van der Waals surface area contributed by atoms with E-state index in [2.05, 4.69) is 12.2 Å². The average molecular weight is 466 g/mol. The van der Waals surface area contributed by atoms with Gasteiger partial charge in [0.2, 0.25) is 0 Å². The first-order chi connectivity index (χ1) is 16.1. The number of nitrogens with one attached hydrogen (secondary N) is 1. The molecule has 0 unspecified atom stereocenters. The topological polar surface area (TPSA) is 75.3 Å². The maximum atomic E-state index is 13.2. The van der Waals surface area contributed by atoms with Crippen molar-refractivity contribution < 1.29 is 28.5 Å². The third-order valence-electron chi connectivity index (χ3n) is 8.20. The first-order valence-electron chi connectivity index (χ1n) is 13.8. The molecule has 188 valence electrons. The second-order valence-electron chi connectivity index (χ2n) is 10.8. The van der Waals surface area contributed by atoms with Crippen LogP contribution in [0.5, 0.6) is 0 Å². The normalized spacial score (nSPS) is 36.6. The standard InChI is InChI=1S/C26H43NO6/c1-2-3-4-5-6-13-18-27-23(28)21-19-20(31-25(30-19)14-9-7-10-15-25)22-24(29-21)33-26(32-22)16-11-8-12-17-26/h19-22,24H,2-18H2,1H3,(H,27,28)/t19-,20-,21-,22-,24-/m1/s1. The van der Waals surface area contributed by atoms with E-state index >= 15 is 0 Å². The molecule has 0 radical (unpaired) electrons. The fraction of sp³-hybridized carbons (Fsp3) is 0.962. The maximum absolute atomic E-state index is 13.2. The smallest absolute Gasteiger partial charge is 0.252 e. The van der Waals surface area contributed by atoms with Gasteiger partial charge in [0.1, 0.15) is 18.3 Å². The molecule has 5 atom stereocenters. The van der Waals surface area contributed by atoms with Crippen LogP contribution in [0.3, 0.4) is 0 Å². The van der Waals surface area contributed by atoms with E-state index in [1.165, 1.54) is 38.5 Å². The number of carbonyl (C=O) groups excluding carboxylic acids is 1. The summed E-state index contributed by atoms with van der Waals surface area (Å²) in [6.07, 6.45) is 15.0. The third kappa shape index (κ3) is 5.13. The Morgan fingerprint density at radius 1 is 0.727 bits per heavy atom. The molecule has 2 aliphatic carbocycles. The Labute approximate surface area is 198 Å². The van der Waals surface area contributed by atoms with Crippen molar-refractivity contribution in [3.05, 3.63) is 0 Å². The molecule has 0 aromatic rings. The SMILES string of the molecule is CCCCCCCCNC(=O)[C@@H]1O[C@@H]2OC3(CCCCC3)O[C@@H]2[C@@H]2OC3(CCCCC3)O[C@H]21. The molecule has 2 spiro atoms. The predicted molar refractivity (Wildman–Crippen MR) is 122 cm³/mol. The highest BCUT2D eigenvalue weighted by molar-refractivity contribution is 5.81. The van der Waals surface area contributed by atoms with Gasteiger partial charge in [-0.3, -0.25) is 4.79 Å². The van der Waals surface area contributed by atoms with Crippen molar-refractivity contribution in [3.63, 3.8) is 0 Å². The first-order valence-corrected chi connectivity index (χ1v) is 13.8. The van der Waals surface area contributed by atoms with E-state index in [1.54, 1.807) is 0 Å². The molecule has 0 bridgehead atoms. The minimum atomic E-state index is -0.722. The van der Waals surface area contributed by atoms with Crippen LogP contribution in [0.25, 0.3) is 0 Å². The van der Waals surface area contributed by atoms with Gasteiger partial charge in [-0.05, 0) is 32.1 Å². The van der Waals surface area contributed by atoms with Gasteiger partial charge < -0.3 is 29.0 Å². The lowest BCUT2D eigenvalue weighted by Gasteiger charge is -2.36. The molecule has 3 saturated heterocycles. The van der Waals surface area contributed by atoms with Crippen LogP contribution >= 0.6 is 0 Å². The number of unbranched alkanes of at least 4 members (excludes halogenated alkanes) is 5. The zero-order valence-corrected chi connectivity index (χ0v) is 20.4. The van der Waals surface area contributed by atoms with Crippen molar-refractivity contribution >= 4 is 5.91 Å². The fourth-order valence-electron chi connectivity index (χ4n) is 6.39. The fourth-order valence-corrected chi connectivity index (χ4v) is 6.39. The maximum Gasteiger partial charge on any atom is 0.252 e. The summed E-state index contributed by atoms with van der Waals surface area (Å²) >= 11 is 0. The van der Waals surface area contributed by atoms with E-state index in [0.29, 0.717) is 6.54 Å². The van der Waals surface area contributed by atoms with Gasteiger partial charge in [-0.15, -0.1) is 0 Å². The van der Waals surface area contributed by atoms with Gasteiger partial charge in [-0.1, -0.05) is 51.9 Å². The Balaban J connectivity index is 1.24. The van der Waals surface area contributed by atoms with Gasteiger partial charge >= 0.3 is 0 Å². The Bertz CT molecular complexity index is 659. The second-order valence-corrected chi connectivity index (χ2v) is 10.8. The molecule has 0 aromatic heterocycles. The van der Waals surface area contributed by atoms with Crippen LogP contribution in [0, 0.1) is 0 Å². The molecule has 3 aliphatic heterocycles. The Kier molecular flexibility index (Phi) is 7.62. The molecule has 7 nitrogen and oxygen atoms in total. The largest absolute Gasteiger partial charge is 0.354 e. The minimum Gasteiger partial charge on any atom is -0.354 e. The van der Waals surface area contributed by atoms with Gasteiger partial charge in [-0.25, -0.2) is 0 Å². The van der Waals surface area contributed by atoms with Gasteiger partial charge in [0.15, 0.2) is 24.0 Å². The number of hydrogen-bond donors (Lipinski definition) is 1. The summed E-state index contributed by atoms with van der Waals surface area (Å²) in [7, 11) is 0. The Morgan fingerprint density at radius 3 is 2.00 bits per heavy atom. The minimum absolute atomic E-state index is 0.110. The van der Waals surface area contributed by atoms with Gasteiger partial charge in [0, 0.05) is 32.2 Å². The molecule has 1 amide bonds. The molecule has 33 heavy (non-hydrogen) atoms. The molecule has 5 fully saturated rings. The number of amides is 1. The van der Waals surface area contributed by atoms with Crippen molar-refractivity contribution in [2.75, 3.05) is 6.54 Å². The van der Waals surface area contributed by atoms with E-state index in [9.17, 15) is 4.79 Å². The highest BCUT2D eigenvalue weighted by Crippen LogP contribution is 2.50. The lowest BCUT2D eigenvalue weighted by Crippen LogP contribution is -2.59. The summed E-state index contributed by atoms with van der Waals surface area (Å²) in [5.74, 6) is -1.30. The van der Waals surface area contributed by atoms with Crippen LogP contribution in [0.2, 0.25) is 0 Å². The lowest BCUT2D eigenvalue weighted by atomic mass is 9.94. The number of carbonyl (C=O) groups is 1. The van der Waals surface area contributed by atoms with Crippen molar-refractivity contribution in [2.45, 2.75) is 152 Å². The number of ether oxygens (including phenoxy) is 5. The average Bonchev–Trinajstić information content (AvgIpc) is 3.36. The summed E-state index contributed by atoms with van der Waals surface area (Å²) in [6, 6.07) is 0. The predicted octanol–water partition coefficient (Wildman–Crippen LogP) is 4.71. The lowest BCUT2D eigenvalue weighted by molar-refractivity contribution is -0.247. The van der Waals surface area contributed by atoms with E-state index in [1.807, 2.05) is 0 Å². The third-order valence-corrected chi connectivity index (χ3v) is 8.20. The summed E-state index contributed by atoms with van der Waals surface area (Å²) in [4.78, 5) is 13.2. The molecular formula is C26H43NO6. The van der Waals surface area contributed by atoms with Crippen molar-refractivity contribution in [1.29, 1.82) is 0 Å². The van der Waals surface area contributed by atoms with Crippen LogP contribution in [0.1, 0.15) is 110 Å². The molecule has 7 heteroatoms. The molecular weight excluding hydrogens is 422 g/mol.